The zero-order valence-corrected chi connectivity index (χ0v) is 9.11. The third-order valence-electron chi connectivity index (χ3n) is 2.26. The summed E-state index contributed by atoms with van der Waals surface area (Å²) in [5.74, 6) is -0.162. The Morgan fingerprint density at radius 1 is 1.40 bits per heavy atom. The van der Waals surface area contributed by atoms with E-state index in [1.807, 2.05) is 13.8 Å². The van der Waals surface area contributed by atoms with Crippen LogP contribution < -0.4 is 0 Å². The second-order valence-corrected chi connectivity index (χ2v) is 3.61. The summed E-state index contributed by atoms with van der Waals surface area (Å²) in [4.78, 5) is 22.1. The second kappa shape index (κ2) is 4.73. The van der Waals surface area contributed by atoms with E-state index in [4.69, 9.17) is 0 Å². The fraction of sp³-hybridized carbons (Fsp3) is 0.333. The third kappa shape index (κ3) is 2.43. The number of hydrogen-bond donors (Lipinski definition) is 0. The van der Waals surface area contributed by atoms with Gasteiger partial charge in [-0.3, -0.25) is 4.79 Å². The predicted molar refractivity (Wildman–Crippen MR) is 57.3 cm³/mol. The maximum absolute atomic E-state index is 11.2. The number of rotatable bonds is 3. The molecule has 0 radical (unpaired) electrons. The van der Waals surface area contributed by atoms with Gasteiger partial charge >= 0.3 is 5.97 Å². The normalized spacial score (nSPS) is 10.1. The van der Waals surface area contributed by atoms with E-state index in [0.29, 0.717) is 11.1 Å². The molecule has 0 aliphatic rings. The number of methoxy groups -OCH3 is 1. The number of benzene rings is 1. The Labute approximate surface area is 89.1 Å². The largest absolute Gasteiger partial charge is 0.465 e. The minimum Gasteiger partial charge on any atom is -0.465 e. The molecule has 0 N–H and O–H groups in total. The van der Waals surface area contributed by atoms with Crippen LogP contribution in [0.4, 0.5) is 0 Å². The lowest BCUT2D eigenvalue weighted by Crippen LogP contribution is -2.04. The van der Waals surface area contributed by atoms with Gasteiger partial charge in [0.1, 0.15) is 6.29 Å². The van der Waals surface area contributed by atoms with Crippen molar-refractivity contribution in [2.45, 2.75) is 19.8 Å². The first kappa shape index (κ1) is 11.4. The van der Waals surface area contributed by atoms with Crippen LogP contribution in [0.3, 0.4) is 0 Å². The molecule has 0 amide bonds. The van der Waals surface area contributed by atoms with E-state index >= 15 is 0 Å². The van der Waals surface area contributed by atoms with Crippen LogP contribution in [0.5, 0.6) is 0 Å². The molecule has 0 aliphatic heterocycles. The van der Waals surface area contributed by atoms with E-state index in [-0.39, 0.29) is 5.92 Å². The molecule has 3 nitrogen and oxygen atoms in total. The molecule has 0 atom stereocenters. The molecule has 0 saturated carbocycles. The molecular weight excluding hydrogens is 192 g/mol. The molecule has 0 aliphatic carbocycles. The molecule has 3 heteroatoms. The van der Waals surface area contributed by atoms with Gasteiger partial charge in [-0.1, -0.05) is 19.9 Å². The van der Waals surface area contributed by atoms with Gasteiger partial charge in [-0.15, -0.1) is 0 Å². The molecular formula is C12H14O3. The van der Waals surface area contributed by atoms with Crippen LogP contribution in [0.2, 0.25) is 0 Å². The summed E-state index contributed by atoms with van der Waals surface area (Å²) in [7, 11) is 1.32. The molecule has 0 heterocycles. The van der Waals surface area contributed by atoms with Crippen molar-refractivity contribution in [3.8, 4) is 0 Å². The molecule has 1 aromatic rings. The Morgan fingerprint density at radius 3 is 2.53 bits per heavy atom. The lowest BCUT2D eigenvalue weighted by Gasteiger charge is -2.09. The SMILES string of the molecule is COC(=O)c1ccc(C(C)C)c(C=O)c1. The first-order valence-electron chi connectivity index (χ1n) is 4.77. The maximum atomic E-state index is 11.2. The minimum absolute atomic E-state index is 0.261. The van der Waals surface area contributed by atoms with Gasteiger partial charge in [0.25, 0.3) is 0 Å². The van der Waals surface area contributed by atoms with Crippen LogP contribution in [0, 0.1) is 0 Å². The third-order valence-corrected chi connectivity index (χ3v) is 2.26. The number of carbonyl (C=O) groups is 2. The van der Waals surface area contributed by atoms with Crippen molar-refractivity contribution < 1.29 is 14.3 Å². The van der Waals surface area contributed by atoms with Crippen LogP contribution >= 0.6 is 0 Å². The van der Waals surface area contributed by atoms with Gasteiger partial charge < -0.3 is 4.74 Å². The van der Waals surface area contributed by atoms with Gasteiger partial charge in [0.15, 0.2) is 0 Å². The number of ether oxygens (including phenoxy) is 1. The first-order chi connectivity index (χ1) is 7.10. The summed E-state index contributed by atoms with van der Waals surface area (Å²) >= 11 is 0. The van der Waals surface area contributed by atoms with Gasteiger partial charge in [0.2, 0.25) is 0 Å². The van der Waals surface area contributed by atoms with Gasteiger partial charge in [0.05, 0.1) is 12.7 Å². The standard InChI is InChI=1S/C12H14O3/c1-8(2)11-5-4-9(12(14)15-3)6-10(11)7-13/h4-8H,1-3H3. The number of hydrogen-bond acceptors (Lipinski definition) is 3. The van der Waals surface area contributed by atoms with Crippen molar-refractivity contribution >= 4 is 12.3 Å². The molecule has 0 spiro atoms. The fourth-order valence-electron chi connectivity index (χ4n) is 1.45. The quantitative estimate of drug-likeness (QED) is 0.563. The van der Waals surface area contributed by atoms with E-state index < -0.39 is 5.97 Å². The van der Waals surface area contributed by atoms with Crippen molar-refractivity contribution in [2.24, 2.45) is 0 Å². The van der Waals surface area contributed by atoms with Crippen molar-refractivity contribution in [1.29, 1.82) is 0 Å². The van der Waals surface area contributed by atoms with Crippen molar-refractivity contribution in [3.05, 3.63) is 34.9 Å². The van der Waals surface area contributed by atoms with E-state index in [1.54, 1.807) is 18.2 Å². The smallest absolute Gasteiger partial charge is 0.337 e. The summed E-state index contributed by atoms with van der Waals surface area (Å²) in [5.41, 5.74) is 1.90. The van der Waals surface area contributed by atoms with Crippen LogP contribution in [0.1, 0.15) is 46.0 Å². The Hall–Kier alpha value is -1.64. The zero-order chi connectivity index (χ0) is 11.4. The minimum atomic E-state index is -0.423. The van der Waals surface area contributed by atoms with E-state index in [0.717, 1.165) is 11.8 Å². The van der Waals surface area contributed by atoms with Crippen molar-refractivity contribution in [1.82, 2.24) is 0 Å². The molecule has 80 valence electrons. The number of carbonyl (C=O) groups excluding carboxylic acids is 2. The Morgan fingerprint density at radius 2 is 2.07 bits per heavy atom. The highest BCUT2D eigenvalue weighted by atomic mass is 16.5. The van der Waals surface area contributed by atoms with Crippen LogP contribution in [0.15, 0.2) is 18.2 Å². The monoisotopic (exact) mass is 206 g/mol. The summed E-state index contributed by atoms with van der Waals surface area (Å²) < 4.78 is 4.58. The van der Waals surface area contributed by atoms with E-state index in [2.05, 4.69) is 4.74 Å². The summed E-state index contributed by atoms with van der Waals surface area (Å²) in [5, 5.41) is 0. The molecule has 1 aromatic carbocycles. The van der Waals surface area contributed by atoms with Gasteiger partial charge in [-0.2, -0.15) is 0 Å². The van der Waals surface area contributed by atoms with Gasteiger partial charge in [-0.05, 0) is 23.6 Å². The van der Waals surface area contributed by atoms with Gasteiger partial charge in [-0.25, -0.2) is 4.79 Å². The highest BCUT2D eigenvalue weighted by Crippen LogP contribution is 2.19. The molecule has 0 aromatic heterocycles. The Balaban J connectivity index is 3.19. The van der Waals surface area contributed by atoms with Crippen molar-refractivity contribution in [2.75, 3.05) is 7.11 Å². The Kier molecular flexibility index (Phi) is 3.61. The molecule has 1 rings (SSSR count). The average molecular weight is 206 g/mol. The van der Waals surface area contributed by atoms with Crippen molar-refractivity contribution in [3.63, 3.8) is 0 Å². The maximum Gasteiger partial charge on any atom is 0.337 e. The Bertz CT molecular complexity index is 380. The van der Waals surface area contributed by atoms with Crippen LogP contribution in [-0.2, 0) is 4.74 Å². The second-order valence-electron chi connectivity index (χ2n) is 3.61. The lowest BCUT2D eigenvalue weighted by atomic mass is 9.96. The first-order valence-corrected chi connectivity index (χ1v) is 4.77. The number of aldehydes is 1. The average Bonchev–Trinajstić information content (AvgIpc) is 2.26. The molecule has 0 saturated heterocycles. The molecule has 0 fully saturated rings. The molecule has 0 unspecified atom stereocenters. The lowest BCUT2D eigenvalue weighted by molar-refractivity contribution is 0.0600. The van der Waals surface area contributed by atoms with Gasteiger partial charge in [0, 0.05) is 5.56 Å². The predicted octanol–water partition coefficient (Wildman–Crippen LogP) is 2.41. The van der Waals surface area contributed by atoms with Crippen LogP contribution in [-0.4, -0.2) is 19.4 Å². The fourth-order valence-corrected chi connectivity index (χ4v) is 1.45. The van der Waals surface area contributed by atoms with E-state index in [1.165, 1.54) is 7.11 Å². The van der Waals surface area contributed by atoms with E-state index in [9.17, 15) is 9.59 Å². The highest BCUT2D eigenvalue weighted by molar-refractivity contribution is 5.92. The summed E-state index contributed by atoms with van der Waals surface area (Å²) in [6.07, 6.45) is 0.766. The zero-order valence-electron chi connectivity index (χ0n) is 9.11. The van der Waals surface area contributed by atoms with Crippen LogP contribution in [0.25, 0.3) is 0 Å². The highest BCUT2D eigenvalue weighted by Gasteiger charge is 2.11. The number of esters is 1. The topological polar surface area (TPSA) is 43.4 Å². The summed E-state index contributed by atoms with van der Waals surface area (Å²) in [6, 6.07) is 5.03. The summed E-state index contributed by atoms with van der Waals surface area (Å²) in [6.45, 7) is 4.00. The molecule has 0 bridgehead atoms. The molecule has 15 heavy (non-hydrogen) atoms.